The Bertz CT molecular complexity index is 352. The monoisotopic (exact) mass is 260 g/mol. The molecule has 0 amide bonds. The van der Waals surface area contributed by atoms with Crippen molar-refractivity contribution in [3.05, 3.63) is 35.4 Å². The molecule has 0 aromatic heterocycles. The standard InChI is InChI=1S/C17H28N2/c1-3-15-7-9-16(10-8-15)14-19(2)13-11-17-6-4-5-12-18-17/h7-10,17-18H,3-6,11-14H2,1-2H3. The van der Waals surface area contributed by atoms with Crippen molar-refractivity contribution in [3.63, 3.8) is 0 Å². The van der Waals surface area contributed by atoms with Crippen LogP contribution < -0.4 is 5.32 Å². The summed E-state index contributed by atoms with van der Waals surface area (Å²) in [6.07, 6.45) is 6.53. The second kappa shape index (κ2) is 7.66. The highest BCUT2D eigenvalue weighted by atomic mass is 15.1. The van der Waals surface area contributed by atoms with Crippen molar-refractivity contribution in [1.82, 2.24) is 10.2 Å². The van der Waals surface area contributed by atoms with Crippen LogP contribution >= 0.6 is 0 Å². The number of nitrogens with one attached hydrogen (secondary N) is 1. The topological polar surface area (TPSA) is 15.3 Å². The van der Waals surface area contributed by atoms with E-state index in [4.69, 9.17) is 0 Å². The van der Waals surface area contributed by atoms with Crippen LogP contribution in [0.5, 0.6) is 0 Å². The third kappa shape index (κ3) is 4.96. The lowest BCUT2D eigenvalue weighted by Gasteiger charge is -2.26. The second-order valence-electron chi connectivity index (χ2n) is 5.84. The third-order valence-corrected chi connectivity index (χ3v) is 4.16. The maximum Gasteiger partial charge on any atom is 0.0230 e. The van der Waals surface area contributed by atoms with Crippen LogP contribution in [-0.4, -0.2) is 31.1 Å². The van der Waals surface area contributed by atoms with Crippen LogP contribution in [0.2, 0.25) is 0 Å². The van der Waals surface area contributed by atoms with Gasteiger partial charge in [0, 0.05) is 12.6 Å². The van der Waals surface area contributed by atoms with E-state index in [1.54, 1.807) is 0 Å². The van der Waals surface area contributed by atoms with Gasteiger partial charge in [0.15, 0.2) is 0 Å². The smallest absolute Gasteiger partial charge is 0.0230 e. The molecule has 1 aromatic carbocycles. The lowest BCUT2D eigenvalue weighted by molar-refractivity contribution is 0.282. The van der Waals surface area contributed by atoms with Crippen molar-refractivity contribution in [2.45, 2.75) is 51.6 Å². The van der Waals surface area contributed by atoms with Gasteiger partial charge in [0.1, 0.15) is 0 Å². The van der Waals surface area contributed by atoms with Crippen LogP contribution in [0, 0.1) is 0 Å². The van der Waals surface area contributed by atoms with E-state index in [2.05, 4.69) is 48.5 Å². The Morgan fingerprint density at radius 2 is 1.89 bits per heavy atom. The molecular formula is C17H28N2. The van der Waals surface area contributed by atoms with E-state index in [9.17, 15) is 0 Å². The van der Waals surface area contributed by atoms with E-state index >= 15 is 0 Å². The van der Waals surface area contributed by atoms with E-state index in [1.807, 2.05) is 0 Å². The Kier molecular flexibility index (Phi) is 5.87. The molecule has 1 heterocycles. The first-order valence-electron chi connectivity index (χ1n) is 7.77. The van der Waals surface area contributed by atoms with E-state index < -0.39 is 0 Å². The first kappa shape index (κ1) is 14.5. The Labute approximate surface area is 118 Å². The quantitative estimate of drug-likeness (QED) is 0.845. The highest BCUT2D eigenvalue weighted by Gasteiger charge is 2.12. The molecule has 1 aromatic rings. The van der Waals surface area contributed by atoms with Gasteiger partial charge in [-0.1, -0.05) is 37.6 Å². The number of nitrogens with zero attached hydrogens (tertiary/aromatic N) is 1. The predicted molar refractivity (Wildman–Crippen MR) is 82.4 cm³/mol. The molecule has 2 heteroatoms. The molecule has 2 rings (SSSR count). The Morgan fingerprint density at radius 1 is 1.16 bits per heavy atom. The van der Waals surface area contributed by atoms with Crippen molar-refractivity contribution in [3.8, 4) is 0 Å². The molecule has 0 bridgehead atoms. The fraction of sp³-hybridized carbons (Fsp3) is 0.647. The number of aryl methyl sites for hydroxylation is 1. The minimum atomic E-state index is 0.749. The van der Waals surface area contributed by atoms with Crippen molar-refractivity contribution in [2.24, 2.45) is 0 Å². The number of hydrogen-bond donors (Lipinski definition) is 1. The van der Waals surface area contributed by atoms with Crippen LogP contribution in [0.1, 0.15) is 43.7 Å². The molecule has 1 atom stereocenters. The summed E-state index contributed by atoms with van der Waals surface area (Å²) < 4.78 is 0. The van der Waals surface area contributed by atoms with Gasteiger partial charge in [-0.05, 0) is 56.9 Å². The number of rotatable bonds is 6. The molecular weight excluding hydrogens is 232 g/mol. The lowest BCUT2D eigenvalue weighted by Crippen LogP contribution is -2.36. The first-order chi connectivity index (χ1) is 9.28. The zero-order valence-corrected chi connectivity index (χ0v) is 12.5. The first-order valence-corrected chi connectivity index (χ1v) is 7.77. The Balaban J connectivity index is 1.71. The summed E-state index contributed by atoms with van der Waals surface area (Å²) in [7, 11) is 2.23. The number of benzene rings is 1. The normalized spacial score (nSPS) is 19.8. The molecule has 1 aliphatic heterocycles. The minimum Gasteiger partial charge on any atom is -0.314 e. The van der Waals surface area contributed by atoms with Gasteiger partial charge in [0.2, 0.25) is 0 Å². The Hall–Kier alpha value is -0.860. The molecule has 1 aliphatic rings. The molecule has 0 saturated carbocycles. The van der Waals surface area contributed by atoms with Crippen molar-refractivity contribution >= 4 is 0 Å². The molecule has 19 heavy (non-hydrogen) atoms. The summed E-state index contributed by atoms with van der Waals surface area (Å²) in [5, 5.41) is 3.63. The molecule has 1 N–H and O–H groups in total. The SMILES string of the molecule is CCc1ccc(CN(C)CCC2CCCCN2)cc1. The van der Waals surface area contributed by atoms with E-state index in [0.29, 0.717) is 0 Å². The van der Waals surface area contributed by atoms with Gasteiger partial charge in [-0.15, -0.1) is 0 Å². The maximum atomic E-state index is 3.63. The van der Waals surface area contributed by atoms with E-state index in [-0.39, 0.29) is 0 Å². The molecule has 1 unspecified atom stereocenters. The largest absolute Gasteiger partial charge is 0.314 e. The van der Waals surface area contributed by atoms with Crippen LogP contribution in [0.4, 0.5) is 0 Å². The van der Waals surface area contributed by atoms with Gasteiger partial charge < -0.3 is 10.2 Å². The van der Waals surface area contributed by atoms with Crippen LogP contribution in [0.3, 0.4) is 0 Å². The zero-order valence-electron chi connectivity index (χ0n) is 12.5. The number of piperidine rings is 1. The molecule has 1 fully saturated rings. The van der Waals surface area contributed by atoms with Crippen molar-refractivity contribution in [2.75, 3.05) is 20.1 Å². The maximum absolute atomic E-state index is 3.63. The van der Waals surface area contributed by atoms with Crippen LogP contribution in [0.25, 0.3) is 0 Å². The van der Waals surface area contributed by atoms with Gasteiger partial charge in [0.05, 0.1) is 0 Å². The Morgan fingerprint density at radius 3 is 2.53 bits per heavy atom. The summed E-state index contributed by atoms with van der Waals surface area (Å²) in [4.78, 5) is 2.44. The molecule has 106 valence electrons. The fourth-order valence-electron chi connectivity index (χ4n) is 2.82. The van der Waals surface area contributed by atoms with Gasteiger partial charge in [-0.25, -0.2) is 0 Å². The molecule has 2 nitrogen and oxygen atoms in total. The van der Waals surface area contributed by atoms with E-state index in [0.717, 1.165) is 19.0 Å². The summed E-state index contributed by atoms with van der Waals surface area (Å²) in [6, 6.07) is 9.80. The lowest BCUT2D eigenvalue weighted by atomic mass is 10.0. The van der Waals surface area contributed by atoms with E-state index in [1.165, 1.54) is 49.9 Å². The van der Waals surface area contributed by atoms with Gasteiger partial charge in [-0.3, -0.25) is 0 Å². The fourth-order valence-corrected chi connectivity index (χ4v) is 2.82. The summed E-state index contributed by atoms with van der Waals surface area (Å²) >= 11 is 0. The summed E-state index contributed by atoms with van der Waals surface area (Å²) in [6.45, 7) is 5.68. The van der Waals surface area contributed by atoms with Gasteiger partial charge >= 0.3 is 0 Å². The van der Waals surface area contributed by atoms with Crippen molar-refractivity contribution in [1.29, 1.82) is 0 Å². The molecule has 0 aliphatic carbocycles. The predicted octanol–water partition coefficient (Wildman–Crippen LogP) is 3.21. The average Bonchev–Trinajstić information content (AvgIpc) is 2.47. The van der Waals surface area contributed by atoms with Gasteiger partial charge in [0.25, 0.3) is 0 Å². The molecule has 1 saturated heterocycles. The minimum absolute atomic E-state index is 0.749. The van der Waals surface area contributed by atoms with Gasteiger partial charge in [-0.2, -0.15) is 0 Å². The summed E-state index contributed by atoms with van der Waals surface area (Å²) in [5.41, 5.74) is 2.86. The highest BCUT2D eigenvalue weighted by Crippen LogP contribution is 2.12. The molecule has 0 radical (unpaired) electrons. The average molecular weight is 260 g/mol. The van der Waals surface area contributed by atoms with Crippen LogP contribution in [0.15, 0.2) is 24.3 Å². The number of hydrogen-bond acceptors (Lipinski definition) is 2. The highest BCUT2D eigenvalue weighted by molar-refractivity contribution is 5.22. The second-order valence-corrected chi connectivity index (χ2v) is 5.84. The van der Waals surface area contributed by atoms with Crippen molar-refractivity contribution < 1.29 is 0 Å². The third-order valence-electron chi connectivity index (χ3n) is 4.16. The zero-order chi connectivity index (χ0) is 13.5. The molecule has 0 spiro atoms. The summed E-state index contributed by atoms with van der Waals surface area (Å²) in [5.74, 6) is 0. The van der Waals surface area contributed by atoms with Crippen LogP contribution in [-0.2, 0) is 13.0 Å².